The Balaban J connectivity index is 2.19. The fraction of sp³-hybridized carbons (Fsp3) is 0.467. The zero-order chi connectivity index (χ0) is 15.4. The molecule has 0 spiro atoms. The lowest BCUT2D eigenvalue weighted by Gasteiger charge is -2.28. The van der Waals surface area contributed by atoms with Gasteiger partial charge in [-0.1, -0.05) is 12.1 Å². The van der Waals surface area contributed by atoms with E-state index >= 15 is 0 Å². The Bertz CT molecular complexity index is 528. The molecule has 1 aromatic carbocycles. The number of amides is 2. The first kappa shape index (κ1) is 15.3. The minimum atomic E-state index is -1.04. The van der Waals surface area contributed by atoms with E-state index < -0.39 is 5.97 Å². The zero-order valence-corrected chi connectivity index (χ0v) is 12.3. The number of aromatic carboxylic acids is 1. The van der Waals surface area contributed by atoms with E-state index in [0.29, 0.717) is 18.8 Å². The van der Waals surface area contributed by atoms with Gasteiger partial charge in [-0.25, -0.2) is 9.59 Å². The van der Waals surface area contributed by atoms with Gasteiger partial charge < -0.3 is 14.7 Å². The van der Waals surface area contributed by atoms with Crippen LogP contribution in [0, 0.1) is 0 Å². The highest BCUT2D eigenvalue weighted by Gasteiger charge is 2.34. The van der Waals surface area contributed by atoms with Crippen molar-refractivity contribution in [1.29, 1.82) is 0 Å². The van der Waals surface area contributed by atoms with Crippen molar-refractivity contribution in [3.63, 3.8) is 0 Å². The molecule has 0 heterocycles. The van der Waals surface area contributed by atoms with Crippen molar-refractivity contribution in [2.24, 2.45) is 0 Å². The first-order valence-corrected chi connectivity index (χ1v) is 6.92. The van der Waals surface area contributed by atoms with E-state index in [2.05, 4.69) is 0 Å². The highest BCUT2D eigenvalue weighted by atomic mass is 16.5. The average Bonchev–Trinajstić information content (AvgIpc) is 3.31. The molecule has 1 N–H and O–H groups in total. The Kier molecular flexibility index (Phi) is 4.80. The van der Waals surface area contributed by atoms with Gasteiger partial charge in [0, 0.05) is 26.7 Å². The van der Waals surface area contributed by atoms with Crippen LogP contribution in [0.5, 0.6) is 0 Å². The van der Waals surface area contributed by atoms with Crippen LogP contribution in [0.15, 0.2) is 24.3 Å². The van der Waals surface area contributed by atoms with Crippen LogP contribution in [0.4, 0.5) is 10.5 Å². The van der Waals surface area contributed by atoms with Crippen molar-refractivity contribution in [3.05, 3.63) is 29.8 Å². The first-order chi connectivity index (χ1) is 10.1. The molecule has 1 saturated carbocycles. The second-order valence-corrected chi connectivity index (χ2v) is 5.08. The summed E-state index contributed by atoms with van der Waals surface area (Å²) < 4.78 is 5.04. The van der Waals surface area contributed by atoms with Crippen LogP contribution in [0.3, 0.4) is 0 Å². The number of methoxy groups -OCH3 is 1. The maximum atomic E-state index is 12.6. The normalized spacial score (nSPS) is 13.8. The van der Waals surface area contributed by atoms with Gasteiger partial charge in [0.2, 0.25) is 0 Å². The monoisotopic (exact) mass is 292 g/mol. The van der Waals surface area contributed by atoms with E-state index in [-0.39, 0.29) is 17.6 Å². The maximum absolute atomic E-state index is 12.6. The third kappa shape index (κ3) is 3.52. The van der Waals surface area contributed by atoms with E-state index in [1.165, 1.54) is 11.0 Å². The van der Waals surface area contributed by atoms with Crippen molar-refractivity contribution in [1.82, 2.24) is 4.90 Å². The summed E-state index contributed by atoms with van der Waals surface area (Å²) >= 11 is 0. The van der Waals surface area contributed by atoms with Crippen LogP contribution in [-0.2, 0) is 4.74 Å². The molecule has 0 unspecified atom stereocenters. The number of carboxylic acids is 1. The number of rotatable bonds is 6. The van der Waals surface area contributed by atoms with E-state index in [1.54, 1.807) is 37.3 Å². The van der Waals surface area contributed by atoms with Gasteiger partial charge in [0.15, 0.2) is 0 Å². The number of hydrogen-bond donors (Lipinski definition) is 1. The lowest BCUT2D eigenvalue weighted by atomic mass is 10.1. The lowest BCUT2D eigenvalue weighted by molar-refractivity contribution is 0.0697. The number of para-hydroxylation sites is 1. The molecule has 0 aromatic heterocycles. The fourth-order valence-electron chi connectivity index (χ4n) is 2.25. The number of hydrogen-bond acceptors (Lipinski definition) is 3. The number of carbonyl (C=O) groups excluding carboxylic acids is 1. The van der Waals surface area contributed by atoms with E-state index in [0.717, 1.165) is 12.8 Å². The number of nitrogens with zero attached hydrogens (tertiary/aromatic N) is 2. The smallest absolute Gasteiger partial charge is 0.337 e. The summed E-state index contributed by atoms with van der Waals surface area (Å²) in [5, 5.41) is 9.23. The number of anilines is 1. The lowest BCUT2D eigenvalue weighted by Crippen LogP contribution is -2.44. The van der Waals surface area contributed by atoms with Crippen molar-refractivity contribution >= 4 is 17.7 Å². The SMILES string of the molecule is COCCN(C(=O)N(C)c1ccccc1C(=O)O)C1CC1. The molecule has 0 aliphatic heterocycles. The molecular weight excluding hydrogens is 272 g/mol. The molecule has 0 atom stereocenters. The number of urea groups is 1. The van der Waals surface area contributed by atoms with E-state index in [1.807, 2.05) is 0 Å². The largest absolute Gasteiger partial charge is 0.478 e. The van der Waals surface area contributed by atoms with Crippen molar-refractivity contribution < 1.29 is 19.4 Å². The van der Waals surface area contributed by atoms with Crippen LogP contribution >= 0.6 is 0 Å². The summed E-state index contributed by atoms with van der Waals surface area (Å²) in [7, 11) is 3.20. The van der Waals surface area contributed by atoms with E-state index in [4.69, 9.17) is 4.74 Å². The number of ether oxygens (including phenoxy) is 1. The standard InChI is InChI=1S/C15H20N2O4/c1-16(13-6-4-3-5-12(13)14(18)19)15(20)17(9-10-21-2)11-7-8-11/h3-6,11H,7-10H2,1-2H3,(H,18,19). The van der Waals surface area contributed by atoms with Gasteiger partial charge in [-0.3, -0.25) is 4.90 Å². The molecule has 6 nitrogen and oxygen atoms in total. The van der Waals surface area contributed by atoms with Gasteiger partial charge >= 0.3 is 12.0 Å². The molecule has 21 heavy (non-hydrogen) atoms. The van der Waals surface area contributed by atoms with Gasteiger partial charge in [-0.05, 0) is 25.0 Å². The Hall–Kier alpha value is -2.08. The third-order valence-electron chi connectivity index (χ3n) is 3.55. The van der Waals surface area contributed by atoms with Gasteiger partial charge in [-0.15, -0.1) is 0 Å². The summed E-state index contributed by atoms with van der Waals surface area (Å²) in [5.74, 6) is -1.04. The average molecular weight is 292 g/mol. The molecule has 6 heteroatoms. The quantitative estimate of drug-likeness (QED) is 0.871. The summed E-state index contributed by atoms with van der Waals surface area (Å²) in [5.41, 5.74) is 0.522. The maximum Gasteiger partial charge on any atom is 0.337 e. The van der Waals surface area contributed by atoms with Crippen LogP contribution in [0.1, 0.15) is 23.2 Å². The summed E-state index contributed by atoms with van der Waals surface area (Å²) in [6, 6.07) is 6.56. The Morgan fingerprint density at radius 1 is 1.33 bits per heavy atom. The predicted octanol–water partition coefficient (Wildman–Crippen LogP) is 2.05. The molecule has 0 saturated heterocycles. The third-order valence-corrected chi connectivity index (χ3v) is 3.55. The number of carboxylic acid groups (broad SMARTS) is 1. The zero-order valence-electron chi connectivity index (χ0n) is 12.3. The summed E-state index contributed by atoms with van der Waals surface area (Å²) in [4.78, 5) is 27.0. The molecule has 1 fully saturated rings. The minimum Gasteiger partial charge on any atom is -0.478 e. The van der Waals surface area contributed by atoms with Gasteiger partial charge in [-0.2, -0.15) is 0 Å². The molecule has 1 aliphatic rings. The second kappa shape index (κ2) is 6.58. The Morgan fingerprint density at radius 3 is 2.57 bits per heavy atom. The fourth-order valence-corrected chi connectivity index (χ4v) is 2.25. The summed E-state index contributed by atoms with van der Waals surface area (Å²) in [6.07, 6.45) is 1.98. The second-order valence-electron chi connectivity index (χ2n) is 5.08. The van der Waals surface area contributed by atoms with Crippen LogP contribution in [0.2, 0.25) is 0 Å². The Labute approximate surface area is 123 Å². The molecule has 0 bridgehead atoms. The van der Waals surface area contributed by atoms with Crippen molar-refractivity contribution in [2.75, 3.05) is 32.2 Å². The van der Waals surface area contributed by atoms with Gasteiger partial charge in [0.25, 0.3) is 0 Å². The number of benzene rings is 1. The molecule has 1 aliphatic carbocycles. The number of carbonyl (C=O) groups is 2. The Morgan fingerprint density at radius 2 is 2.00 bits per heavy atom. The summed E-state index contributed by atoms with van der Waals surface area (Å²) in [6.45, 7) is 0.982. The first-order valence-electron chi connectivity index (χ1n) is 6.92. The molecule has 0 radical (unpaired) electrons. The van der Waals surface area contributed by atoms with E-state index in [9.17, 15) is 14.7 Å². The van der Waals surface area contributed by atoms with Crippen molar-refractivity contribution in [2.45, 2.75) is 18.9 Å². The van der Waals surface area contributed by atoms with Gasteiger partial charge in [0.1, 0.15) is 0 Å². The topological polar surface area (TPSA) is 70.1 Å². The van der Waals surface area contributed by atoms with Crippen molar-refractivity contribution in [3.8, 4) is 0 Å². The van der Waals surface area contributed by atoms with Gasteiger partial charge in [0.05, 0.1) is 17.9 Å². The van der Waals surface area contributed by atoms with Crippen LogP contribution in [0.25, 0.3) is 0 Å². The predicted molar refractivity (Wildman–Crippen MR) is 78.8 cm³/mol. The molecule has 2 amide bonds. The minimum absolute atomic E-state index is 0.121. The molecule has 2 rings (SSSR count). The van der Waals surface area contributed by atoms with Crippen LogP contribution < -0.4 is 4.90 Å². The highest BCUT2D eigenvalue weighted by Crippen LogP contribution is 2.29. The molecule has 1 aromatic rings. The van der Waals surface area contributed by atoms with Crippen LogP contribution in [-0.4, -0.2) is 55.4 Å². The molecule has 114 valence electrons. The molecular formula is C15H20N2O4. The highest BCUT2D eigenvalue weighted by molar-refractivity contribution is 6.01.